The van der Waals surface area contributed by atoms with E-state index in [1.807, 2.05) is 38.5 Å². The van der Waals surface area contributed by atoms with Crippen LogP contribution in [0.3, 0.4) is 0 Å². The van der Waals surface area contributed by atoms with Crippen molar-refractivity contribution in [2.24, 2.45) is 0 Å². The highest BCUT2D eigenvalue weighted by molar-refractivity contribution is 6.34. The summed E-state index contributed by atoms with van der Waals surface area (Å²) in [6.45, 7) is 3.70. The van der Waals surface area contributed by atoms with Gasteiger partial charge < -0.3 is 9.47 Å². The van der Waals surface area contributed by atoms with E-state index in [9.17, 15) is 4.39 Å². The van der Waals surface area contributed by atoms with Gasteiger partial charge in [-0.15, -0.1) is 0 Å². The summed E-state index contributed by atoms with van der Waals surface area (Å²) in [4.78, 5) is 8.97. The van der Waals surface area contributed by atoms with Crippen molar-refractivity contribution in [2.75, 3.05) is 27.2 Å². The standard InChI is InChI=1S/C22H25Cl2FN4/c1-27(2)8-9-28(14-17-4-3-5-21(25)12-17)16-22-26-6-7-29(22)15-18-10-19(23)13-20(24)11-18/h3-7,10-13H,8-9,14-16H2,1-2H3. The lowest BCUT2D eigenvalue weighted by Crippen LogP contribution is -2.32. The Kier molecular flexibility index (Phi) is 7.67. The van der Waals surface area contributed by atoms with Crippen molar-refractivity contribution in [2.45, 2.75) is 19.6 Å². The lowest BCUT2D eigenvalue weighted by atomic mass is 10.2. The molecule has 0 amide bonds. The van der Waals surface area contributed by atoms with E-state index in [1.165, 1.54) is 6.07 Å². The summed E-state index contributed by atoms with van der Waals surface area (Å²) < 4.78 is 15.7. The van der Waals surface area contributed by atoms with Gasteiger partial charge in [0.1, 0.15) is 11.6 Å². The molecule has 154 valence electrons. The van der Waals surface area contributed by atoms with Crippen molar-refractivity contribution in [3.05, 3.63) is 87.7 Å². The third-order valence-electron chi connectivity index (χ3n) is 4.60. The third kappa shape index (κ3) is 6.82. The fourth-order valence-corrected chi connectivity index (χ4v) is 3.75. The molecule has 0 saturated heterocycles. The molecule has 1 heterocycles. The van der Waals surface area contributed by atoms with E-state index in [4.69, 9.17) is 23.2 Å². The topological polar surface area (TPSA) is 24.3 Å². The number of likely N-dealkylation sites (N-methyl/N-ethyl adjacent to an activating group) is 1. The van der Waals surface area contributed by atoms with Gasteiger partial charge in [-0.3, -0.25) is 4.90 Å². The molecule has 0 atom stereocenters. The van der Waals surface area contributed by atoms with Crippen LogP contribution in [-0.4, -0.2) is 46.5 Å². The molecular formula is C22H25Cl2FN4. The van der Waals surface area contributed by atoms with E-state index in [1.54, 1.807) is 24.4 Å². The fraction of sp³-hybridized carbons (Fsp3) is 0.318. The van der Waals surface area contributed by atoms with Gasteiger partial charge in [-0.05, 0) is 55.6 Å². The Bertz CT molecular complexity index is 922. The number of nitrogens with zero attached hydrogens (tertiary/aromatic N) is 4. The maximum absolute atomic E-state index is 13.6. The molecule has 0 spiro atoms. The Hall–Kier alpha value is -1.92. The maximum Gasteiger partial charge on any atom is 0.123 e. The third-order valence-corrected chi connectivity index (χ3v) is 5.04. The molecule has 3 aromatic rings. The fourth-order valence-electron chi connectivity index (χ4n) is 3.18. The van der Waals surface area contributed by atoms with Crippen LogP contribution in [0.25, 0.3) is 0 Å². The van der Waals surface area contributed by atoms with Gasteiger partial charge >= 0.3 is 0 Å². The van der Waals surface area contributed by atoms with Crippen LogP contribution in [-0.2, 0) is 19.6 Å². The minimum Gasteiger partial charge on any atom is -0.329 e. The summed E-state index contributed by atoms with van der Waals surface area (Å²) in [6.07, 6.45) is 3.75. The number of imidazole rings is 1. The largest absolute Gasteiger partial charge is 0.329 e. The summed E-state index contributed by atoms with van der Waals surface area (Å²) in [6, 6.07) is 12.3. The number of halogens is 3. The Labute approximate surface area is 181 Å². The molecule has 0 aliphatic carbocycles. The number of hydrogen-bond donors (Lipinski definition) is 0. The van der Waals surface area contributed by atoms with Crippen LogP contribution in [0.4, 0.5) is 4.39 Å². The summed E-state index contributed by atoms with van der Waals surface area (Å²) in [5.74, 6) is 0.727. The molecule has 0 fully saturated rings. The summed E-state index contributed by atoms with van der Waals surface area (Å²) in [5, 5.41) is 1.24. The van der Waals surface area contributed by atoms with Gasteiger partial charge in [-0.2, -0.15) is 0 Å². The van der Waals surface area contributed by atoms with Crippen molar-refractivity contribution in [3.63, 3.8) is 0 Å². The number of hydrogen-bond acceptors (Lipinski definition) is 3. The quantitative estimate of drug-likeness (QED) is 0.476. The Balaban J connectivity index is 1.75. The minimum atomic E-state index is -0.214. The van der Waals surface area contributed by atoms with Crippen LogP contribution >= 0.6 is 23.2 Å². The molecule has 0 unspecified atom stereocenters. The molecule has 7 heteroatoms. The second-order valence-electron chi connectivity index (χ2n) is 7.39. The second kappa shape index (κ2) is 10.2. The first-order chi connectivity index (χ1) is 13.9. The zero-order valence-electron chi connectivity index (χ0n) is 16.7. The van der Waals surface area contributed by atoms with Crippen LogP contribution in [0.2, 0.25) is 10.0 Å². The highest BCUT2D eigenvalue weighted by Crippen LogP contribution is 2.20. The highest BCUT2D eigenvalue weighted by atomic mass is 35.5. The van der Waals surface area contributed by atoms with Gasteiger partial charge in [0.05, 0.1) is 6.54 Å². The van der Waals surface area contributed by atoms with E-state index in [0.717, 1.165) is 30.0 Å². The monoisotopic (exact) mass is 434 g/mol. The van der Waals surface area contributed by atoms with Crippen LogP contribution < -0.4 is 0 Å². The van der Waals surface area contributed by atoms with E-state index in [2.05, 4.69) is 19.4 Å². The molecule has 29 heavy (non-hydrogen) atoms. The lowest BCUT2D eigenvalue weighted by Gasteiger charge is -2.24. The lowest BCUT2D eigenvalue weighted by molar-refractivity contribution is 0.219. The maximum atomic E-state index is 13.6. The van der Waals surface area contributed by atoms with Gasteiger partial charge in [0.15, 0.2) is 0 Å². The van der Waals surface area contributed by atoms with Gasteiger partial charge in [0, 0.05) is 48.6 Å². The Morgan fingerprint density at radius 3 is 2.41 bits per heavy atom. The molecule has 0 aliphatic rings. The summed E-state index contributed by atoms with van der Waals surface area (Å²) >= 11 is 12.3. The van der Waals surface area contributed by atoms with Gasteiger partial charge in [-0.1, -0.05) is 35.3 Å². The van der Waals surface area contributed by atoms with Gasteiger partial charge in [-0.25, -0.2) is 9.37 Å². The first-order valence-corrected chi connectivity index (χ1v) is 10.2. The Morgan fingerprint density at radius 2 is 1.72 bits per heavy atom. The van der Waals surface area contributed by atoms with Gasteiger partial charge in [0.25, 0.3) is 0 Å². The normalized spacial score (nSPS) is 11.6. The molecule has 0 bridgehead atoms. The van der Waals surface area contributed by atoms with Crippen LogP contribution in [0, 0.1) is 5.82 Å². The van der Waals surface area contributed by atoms with Crippen molar-refractivity contribution in [1.29, 1.82) is 0 Å². The van der Waals surface area contributed by atoms with E-state index in [0.29, 0.717) is 29.7 Å². The molecule has 2 aromatic carbocycles. The van der Waals surface area contributed by atoms with E-state index in [-0.39, 0.29) is 5.82 Å². The first-order valence-electron chi connectivity index (χ1n) is 9.45. The van der Waals surface area contributed by atoms with Crippen molar-refractivity contribution < 1.29 is 4.39 Å². The molecule has 0 aliphatic heterocycles. The molecule has 3 rings (SSSR count). The predicted molar refractivity (Wildman–Crippen MR) is 117 cm³/mol. The molecule has 4 nitrogen and oxygen atoms in total. The zero-order chi connectivity index (χ0) is 20.8. The van der Waals surface area contributed by atoms with Crippen molar-refractivity contribution in [3.8, 4) is 0 Å². The van der Waals surface area contributed by atoms with E-state index >= 15 is 0 Å². The van der Waals surface area contributed by atoms with Gasteiger partial charge in [0.2, 0.25) is 0 Å². The number of rotatable bonds is 9. The molecular weight excluding hydrogens is 410 g/mol. The number of benzene rings is 2. The highest BCUT2D eigenvalue weighted by Gasteiger charge is 2.13. The minimum absolute atomic E-state index is 0.214. The smallest absolute Gasteiger partial charge is 0.123 e. The van der Waals surface area contributed by atoms with Crippen LogP contribution in [0.15, 0.2) is 54.9 Å². The van der Waals surface area contributed by atoms with Crippen LogP contribution in [0.5, 0.6) is 0 Å². The van der Waals surface area contributed by atoms with Crippen molar-refractivity contribution >= 4 is 23.2 Å². The predicted octanol–water partition coefficient (Wildman–Crippen LogP) is 4.94. The van der Waals surface area contributed by atoms with E-state index < -0.39 is 0 Å². The zero-order valence-corrected chi connectivity index (χ0v) is 18.2. The SMILES string of the molecule is CN(C)CCN(Cc1cccc(F)c1)Cc1nccn1Cc1cc(Cl)cc(Cl)c1. The summed E-state index contributed by atoms with van der Waals surface area (Å²) in [7, 11) is 4.09. The number of aromatic nitrogens is 2. The molecule has 0 saturated carbocycles. The molecule has 1 aromatic heterocycles. The van der Waals surface area contributed by atoms with Crippen molar-refractivity contribution in [1.82, 2.24) is 19.4 Å². The van der Waals surface area contributed by atoms with Crippen LogP contribution in [0.1, 0.15) is 17.0 Å². The molecule has 0 radical (unpaired) electrons. The average Bonchev–Trinajstić information content (AvgIpc) is 3.05. The molecule has 0 N–H and O–H groups in total. The second-order valence-corrected chi connectivity index (χ2v) is 8.27. The average molecular weight is 435 g/mol. The summed E-state index contributed by atoms with van der Waals surface area (Å²) in [5.41, 5.74) is 1.97. The first kappa shape index (κ1) is 21.8. The Morgan fingerprint density at radius 1 is 0.966 bits per heavy atom.